The fourth-order valence-corrected chi connectivity index (χ4v) is 2.48. The van der Waals surface area contributed by atoms with Gasteiger partial charge in [0.05, 0.1) is 11.5 Å². The number of thioether (sulfide) groups is 1. The predicted molar refractivity (Wildman–Crippen MR) is 69.8 cm³/mol. The Morgan fingerprint density at radius 2 is 2.35 bits per heavy atom. The monoisotopic (exact) mass is 292 g/mol. The second kappa shape index (κ2) is 5.45. The minimum Gasteiger partial charge on any atom is -0.461 e. The predicted octanol–water partition coefficient (Wildman–Crippen LogP) is 2.19. The van der Waals surface area contributed by atoms with Crippen molar-refractivity contribution in [1.29, 1.82) is 0 Å². The van der Waals surface area contributed by atoms with Crippen molar-refractivity contribution < 1.29 is 8.94 Å². The first-order valence-corrected chi connectivity index (χ1v) is 6.96. The van der Waals surface area contributed by atoms with E-state index in [-0.39, 0.29) is 5.25 Å². The van der Waals surface area contributed by atoms with E-state index in [9.17, 15) is 0 Å². The molecule has 0 saturated heterocycles. The summed E-state index contributed by atoms with van der Waals surface area (Å²) in [6.45, 7) is 4.65. The van der Waals surface area contributed by atoms with Crippen LogP contribution in [0.1, 0.15) is 25.0 Å². The van der Waals surface area contributed by atoms with Gasteiger partial charge in [-0.1, -0.05) is 16.9 Å². The molecule has 0 fully saturated rings. The van der Waals surface area contributed by atoms with Gasteiger partial charge in [0, 0.05) is 6.54 Å². The van der Waals surface area contributed by atoms with Gasteiger partial charge in [-0.25, -0.2) is 4.68 Å². The van der Waals surface area contributed by atoms with Crippen molar-refractivity contribution in [3.8, 4) is 11.6 Å². The number of nitrogens with zero attached hydrogens (tertiary/aromatic N) is 6. The molecule has 0 radical (unpaired) electrons. The van der Waals surface area contributed by atoms with Gasteiger partial charge in [0.1, 0.15) is 0 Å². The number of hydrogen-bond donors (Lipinski definition) is 0. The Labute approximate surface area is 118 Å². The van der Waals surface area contributed by atoms with E-state index in [0.717, 1.165) is 5.16 Å². The minimum atomic E-state index is -0.0532. The van der Waals surface area contributed by atoms with E-state index in [2.05, 4.69) is 25.7 Å². The van der Waals surface area contributed by atoms with Gasteiger partial charge in [-0.05, 0) is 36.4 Å². The first-order valence-electron chi connectivity index (χ1n) is 6.08. The summed E-state index contributed by atoms with van der Waals surface area (Å²) in [6.07, 6.45) is 1.57. The van der Waals surface area contributed by atoms with Gasteiger partial charge in [0.2, 0.25) is 16.9 Å². The molecule has 0 spiro atoms. The molecule has 0 N–H and O–H groups in total. The van der Waals surface area contributed by atoms with Crippen molar-refractivity contribution in [2.24, 2.45) is 0 Å². The molecule has 0 aromatic carbocycles. The SMILES string of the molecule is CCn1nnnc1S[C@H](C)c1nc(-c2ccco2)no1. The lowest BCUT2D eigenvalue weighted by Crippen LogP contribution is -2.00. The Balaban J connectivity index is 1.76. The van der Waals surface area contributed by atoms with Crippen LogP contribution in [0.2, 0.25) is 0 Å². The molecule has 8 nitrogen and oxygen atoms in total. The Bertz CT molecular complexity index is 677. The molecule has 0 bridgehead atoms. The molecule has 104 valence electrons. The molecule has 3 aromatic rings. The zero-order chi connectivity index (χ0) is 13.9. The number of aromatic nitrogens is 6. The molecule has 0 aliphatic carbocycles. The minimum absolute atomic E-state index is 0.0532. The highest BCUT2D eigenvalue weighted by Crippen LogP contribution is 2.33. The van der Waals surface area contributed by atoms with Crippen molar-refractivity contribution in [3.63, 3.8) is 0 Å². The molecule has 1 atom stereocenters. The summed E-state index contributed by atoms with van der Waals surface area (Å²) in [7, 11) is 0. The summed E-state index contributed by atoms with van der Waals surface area (Å²) in [4.78, 5) is 4.32. The number of rotatable bonds is 5. The van der Waals surface area contributed by atoms with Gasteiger partial charge in [0.25, 0.3) is 0 Å². The quantitative estimate of drug-likeness (QED) is 0.660. The lowest BCUT2D eigenvalue weighted by molar-refractivity contribution is 0.379. The Kier molecular flexibility index (Phi) is 3.50. The van der Waals surface area contributed by atoms with Crippen LogP contribution in [0, 0.1) is 0 Å². The maximum Gasteiger partial charge on any atom is 0.240 e. The van der Waals surface area contributed by atoms with Crippen LogP contribution in [0.4, 0.5) is 0 Å². The third kappa shape index (κ3) is 2.44. The van der Waals surface area contributed by atoms with Crippen LogP contribution >= 0.6 is 11.8 Å². The van der Waals surface area contributed by atoms with Crippen LogP contribution < -0.4 is 0 Å². The van der Waals surface area contributed by atoms with Crippen LogP contribution in [-0.4, -0.2) is 30.3 Å². The number of tetrazole rings is 1. The fraction of sp³-hybridized carbons (Fsp3) is 0.364. The molecule has 0 amide bonds. The second-order valence-electron chi connectivity index (χ2n) is 3.97. The van der Waals surface area contributed by atoms with E-state index in [1.54, 1.807) is 23.1 Å². The Morgan fingerprint density at radius 3 is 3.10 bits per heavy atom. The van der Waals surface area contributed by atoms with Gasteiger partial charge in [-0.3, -0.25) is 0 Å². The smallest absolute Gasteiger partial charge is 0.240 e. The standard InChI is InChI=1S/C11H12N6O2S/c1-3-17-11(13-15-16-17)20-7(2)10-12-9(14-19-10)8-5-4-6-18-8/h4-7H,3H2,1-2H3/t7-/m1/s1. The van der Waals surface area contributed by atoms with E-state index in [1.165, 1.54) is 11.8 Å². The second-order valence-corrected chi connectivity index (χ2v) is 5.28. The van der Waals surface area contributed by atoms with Gasteiger partial charge in [-0.2, -0.15) is 4.98 Å². The van der Waals surface area contributed by atoms with Gasteiger partial charge >= 0.3 is 0 Å². The Morgan fingerprint density at radius 1 is 1.45 bits per heavy atom. The molecule has 0 aliphatic rings. The summed E-state index contributed by atoms with van der Waals surface area (Å²) < 4.78 is 12.2. The van der Waals surface area contributed by atoms with Crippen molar-refractivity contribution in [3.05, 3.63) is 24.3 Å². The van der Waals surface area contributed by atoms with Crippen molar-refractivity contribution in [2.45, 2.75) is 30.8 Å². The number of aryl methyl sites for hydroxylation is 1. The summed E-state index contributed by atoms with van der Waals surface area (Å²) in [5.41, 5.74) is 0. The third-order valence-electron chi connectivity index (χ3n) is 2.61. The summed E-state index contributed by atoms with van der Waals surface area (Å²) in [5, 5.41) is 16.1. The first-order chi connectivity index (χ1) is 9.78. The van der Waals surface area contributed by atoms with Crippen molar-refractivity contribution >= 4 is 11.8 Å². The van der Waals surface area contributed by atoms with E-state index in [0.29, 0.717) is 24.0 Å². The number of hydrogen-bond acceptors (Lipinski definition) is 8. The first kappa shape index (κ1) is 12.9. The van der Waals surface area contributed by atoms with Gasteiger partial charge < -0.3 is 8.94 Å². The molecular weight excluding hydrogens is 280 g/mol. The Hall–Kier alpha value is -2.16. The normalized spacial score (nSPS) is 12.7. The average Bonchev–Trinajstić information content (AvgIpc) is 3.19. The van der Waals surface area contributed by atoms with E-state index in [4.69, 9.17) is 8.94 Å². The lowest BCUT2D eigenvalue weighted by atomic mass is 10.4. The zero-order valence-corrected chi connectivity index (χ0v) is 11.7. The highest BCUT2D eigenvalue weighted by atomic mass is 32.2. The molecule has 3 aromatic heterocycles. The molecule has 20 heavy (non-hydrogen) atoms. The van der Waals surface area contributed by atoms with Crippen molar-refractivity contribution in [1.82, 2.24) is 30.3 Å². The highest BCUT2D eigenvalue weighted by molar-refractivity contribution is 7.99. The van der Waals surface area contributed by atoms with Crippen molar-refractivity contribution in [2.75, 3.05) is 0 Å². The summed E-state index contributed by atoms with van der Waals surface area (Å²) in [5.74, 6) is 1.52. The largest absolute Gasteiger partial charge is 0.461 e. The highest BCUT2D eigenvalue weighted by Gasteiger charge is 2.20. The van der Waals surface area contributed by atoms with Crippen LogP contribution in [0.3, 0.4) is 0 Å². The zero-order valence-electron chi connectivity index (χ0n) is 10.9. The third-order valence-corrected chi connectivity index (χ3v) is 3.67. The molecule has 0 saturated carbocycles. The van der Waals surface area contributed by atoms with Crippen LogP contribution in [0.15, 0.2) is 32.5 Å². The number of furan rings is 1. The molecule has 0 unspecified atom stereocenters. The summed E-state index contributed by atoms with van der Waals surface area (Å²) >= 11 is 1.47. The summed E-state index contributed by atoms with van der Waals surface area (Å²) in [6, 6.07) is 3.56. The van der Waals surface area contributed by atoms with Crippen LogP contribution in [0.25, 0.3) is 11.6 Å². The van der Waals surface area contributed by atoms with Crippen LogP contribution in [-0.2, 0) is 6.54 Å². The van der Waals surface area contributed by atoms with E-state index >= 15 is 0 Å². The van der Waals surface area contributed by atoms with E-state index in [1.807, 2.05) is 13.8 Å². The maximum absolute atomic E-state index is 5.25. The molecular formula is C11H12N6O2S. The molecule has 0 aliphatic heterocycles. The lowest BCUT2D eigenvalue weighted by Gasteiger charge is -2.04. The molecule has 3 heterocycles. The molecule has 3 rings (SSSR count). The van der Waals surface area contributed by atoms with E-state index < -0.39 is 0 Å². The van der Waals surface area contributed by atoms with Gasteiger partial charge in [-0.15, -0.1) is 5.10 Å². The van der Waals surface area contributed by atoms with Gasteiger partial charge in [0.15, 0.2) is 5.76 Å². The maximum atomic E-state index is 5.25. The topological polar surface area (TPSA) is 95.7 Å². The fourth-order valence-electron chi connectivity index (χ4n) is 1.59. The molecule has 9 heteroatoms. The van der Waals surface area contributed by atoms with Crippen LogP contribution in [0.5, 0.6) is 0 Å². The average molecular weight is 292 g/mol.